The van der Waals surface area contributed by atoms with Crippen molar-refractivity contribution in [3.63, 3.8) is 0 Å². The molecule has 0 saturated heterocycles. The number of rotatable bonds is 1. The van der Waals surface area contributed by atoms with Crippen LogP contribution in [0, 0.1) is 0 Å². The summed E-state index contributed by atoms with van der Waals surface area (Å²) in [6.45, 7) is 0. The minimum atomic E-state index is 1.29. The highest BCUT2D eigenvalue weighted by atomic mass is 15.2. The van der Waals surface area contributed by atoms with Crippen molar-refractivity contribution in [3.8, 4) is 0 Å². The molecule has 16 heavy (non-hydrogen) atoms. The molecule has 2 aromatic carbocycles. The van der Waals surface area contributed by atoms with Crippen molar-refractivity contribution in [1.82, 2.24) is 8.80 Å². The summed E-state index contributed by atoms with van der Waals surface area (Å²) in [5.74, 6) is 0. The second-order valence-corrected chi connectivity index (χ2v) is 4.73. The van der Waals surface area contributed by atoms with Crippen LogP contribution in [0.15, 0.2) is 30.3 Å². The third kappa shape index (κ3) is 0.440. The van der Waals surface area contributed by atoms with Gasteiger partial charge in [0.05, 0.1) is 38.3 Å². The van der Waals surface area contributed by atoms with Crippen LogP contribution in [0.5, 0.6) is 0 Å². The Balaban J connectivity index is 1.79. The predicted molar refractivity (Wildman–Crippen MR) is 64.5 cm³/mol. The van der Waals surface area contributed by atoms with E-state index in [0.29, 0.717) is 0 Å². The van der Waals surface area contributed by atoms with Gasteiger partial charge in [-0.25, -0.2) is 0 Å². The molecule has 2 heteroatoms. The predicted octanol–water partition coefficient (Wildman–Crippen LogP) is 2.24. The zero-order chi connectivity index (χ0) is 10.0. The van der Waals surface area contributed by atoms with Crippen LogP contribution in [0.3, 0.4) is 0 Å². The van der Waals surface area contributed by atoms with E-state index in [1.54, 1.807) is 0 Å². The molecule has 0 atom stereocenters. The topological polar surface area (TPSA) is 8.82 Å². The van der Waals surface area contributed by atoms with Crippen LogP contribution >= 0.6 is 0 Å². The molecule has 0 amide bonds. The van der Waals surface area contributed by atoms with Gasteiger partial charge in [0, 0.05) is 0 Å². The minimum absolute atomic E-state index is 1.29. The molecule has 0 aliphatic carbocycles. The van der Waals surface area contributed by atoms with Gasteiger partial charge in [-0.2, -0.15) is 0 Å². The van der Waals surface area contributed by atoms with Gasteiger partial charge in [0.1, 0.15) is 0 Å². The van der Waals surface area contributed by atoms with Gasteiger partial charge in [-0.15, -0.1) is 0 Å². The third-order valence-corrected chi connectivity index (χ3v) is 3.94. The Morgan fingerprint density at radius 2 is 1.44 bits per heavy atom. The summed E-state index contributed by atoms with van der Waals surface area (Å²) in [7, 11) is 0. The molecular weight excluding hydrogens is 196 g/mol. The molecule has 2 nitrogen and oxygen atoms in total. The highest BCUT2D eigenvalue weighted by Crippen LogP contribution is 2.55. The minimum Gasteiger partial charge on any atom is -0.303 e. The Hall–Kier alpha value is -2.22. The van der Waals surface area contributed by atoms with Gasteiger partial charge in [0.2, 0.25) is 0 Å². The van der Waals surface area contributed by atoms with E-state index in [9.17, 15) is 0 Å². The molecule has 72 valence electrons. The van der Waals surface area contributed by atoms with Crippen molar-refractivity contribution < 1.29 is 0 Å². The van der Waals surface area contributed by atoms with Gasteiger partial charge >= 0.3 is 0 Å². The lowest BCUT2D eigenvalue weighted by molar-refractivity contribution is 1.29. The quantitative estimate of drug-likeness (QED) is 0.386. The third-order valence-electron chi connectivity index (χ3n) is 3.94. The zero-order valence-electron chi connectivity index (χ0n) is 8.36. The van der Waals surface area contributed by atoms with Crippen LogP contribution in [-0.2, 0) is 0 Å². The molecule has 0 aliphatic rings. The Labute approximate surface area is 89.6 Å². The first-order chi connectivity index (χ1) is 7.97. The van der Waals surface area contributed by atoms with E-state index in [2.05, 4.69) is 45.2 Å². The normalized spacial score (nSPS) is 15.9. The lowest BCUT2D eigenvalue weighted by Gasteiger charge is -1.95. The van der Waals surface area contributed by atoms with Crippen molar-refractivity contribution >= 4 is 39.0 Å². The van der Waals surface area contributed by atoms with E-state index < -0.39 is 0 Å². The number of aromatic nitrogens is 2. The van der Waals surface area contributed by atoms with Crippen molar-refractivity contribution in [2.24, 2.45) is 0 Å². The second kappa shape index (κ2) is 1.55. The Morgan fingerprint density at radius 3 is 2.25 bits per heavy atom. The van der Waals surface area contributed by atoms with Crippen molar-refractivity contribution in [2.45, 2.75) is 0 Å². The van der Waals surface area contributed by atoms with E-state index in [1.165, 1.54) is 43.9 Å². The molecule has 7 rings (SSSR count). The van der Waals surface area contributed by atoms with E-state index in [1.807, 2.05) is 0 Å². The van der Waals surface area contributed by atoms with Gasteiger partial charge in [0.25, 0.3) is 0 Å². The summed E-state index contributed by atoms with van der Waals surface area (Å²) in [4.78, 5) is 0. The van der Waals surface area contributed by atoms with Crippen LogP contribution < -0.4 is 5.35 Å². The lowest BCUT2D eigenvalue weighted by atomic mass is 10.1. The van der Waals surface area contributed by atoms with Crippen molar-refractivity contribution in [2.75, 3.05) is 0 Å². The fraction of sp³-hybridized carbons (Fsp3) is 0. The highest BCUT2D eigenvalue weighted by molar-refractivity contribution is 6.41. The maximum Gasteiger partial charge on any atom is 0.0993 e. The Morgan fingerprint density at radius 1 is 0.750 bits per heavy atom. The average Bonchev–Trinajstić information content (AvgIpc) is 3.17. The van der Waals surface area contributed by atoms with Gasteiger partial charge in [-0.05, 0) is 11.6 Å². The monoisotopic (exact) mass is 202 g/mol. The molecule has 0 spiro atoms. The first-order valence-corrected chi connectivity index (χ1v) is 5.58. The fourth-order valence-electron chi connectivity index (χ4n) is 3.06. The summed E-state index contributed by atoms with van der Waals surface area (Å²) in [5, 5.41) is 2.91. The molecule has 0 fully saturated rings. The summed E-state index contributed by atoms with van der Waals surface area (Å²) < 4.78 is 4.76. The standard InChI is InChI=1S/C14H6N2/c1-2-4-7(5-3-1)6-8-9-10-12(15(8)10)14-13-11(9)16(13)14/h1-6H/b8-6+. The molecule has 5 aromatic heterocycles. The molecule has 0 aliphatic heterocycles. The van der Waals surface area contributed by atoms with Crippen LogP contribution in [0.25, 0.3) is 39.0 Å². The number of pyridine rings is 1. The molecule has 2 bridgehead atoms. The molecule has 0 saturated carbocycles. The van der Waals surface area contributed by atoms with Gasteiger partial charge in [-0.1, -0.05) is 30.3 Å². The van der Waals surface area contributed by atoms with Gasteiger partial charge < -0.3 is 4.40 Å². The average molecular weight is 202 g/mol. The molecular formula is C14H6N2. The summed E-state index contributed by atoms with van der Waals surface area (Å²) in [6.07, 6.45) is 2.29. The zero-order valence-corrected chi connectivity index (χ0v) is 8.36. The first kappa shape index (κ1) is 6.38. The van der Waals surface area contributed by atoms with Crippen LogP contribution in [0.1, 0.15) is 5.56 Å². The lowest BCUT2D eigenvalue weighted by Crippen LogP contribution is -2.11. The van der Waals surface area contributed by atoms with Gasteiger partial charge in [-0.3, -0.25) is 4.40 Å². The Kier molecular flexibility index (Phi) is 0.620. The van der Waals surface area contributed by atoms with Crippen molar-refractivity contribution in [1.29, 1.82) is 0 Å². The molecule has 7 aromatic rings. The molecule has 0 N–H and O–H groups in total. The van der Waals surface area contributed by atoms with Crippen LogP contribution in [0.4, 0.5) is 0 Å². The second-order valence-electron chi connectivity index (χ2n) is 4.73. The number of hydrogen-bond donors (Lipinski definition) is 0. The smallest absolute Gasteiger partial charge is 0.0993 e. The van der Waals surface area contributed by atoms with Crippen molar-refractivity contribution in [3.05, 3.63) is 41.2 Å². The summed E-state index contributed by atoms with van der Waals surface area (Å²) in [5.41, 5.74) is 8.81. The molecule has 5 heterocycles. The highest BCUT2D eigenvalue weighted by Gasteiger charge is 2.42. The molecule has 0 unspecified atom stereocenters. The number of hydrogen-bond acceptors (Lipinski definition) is 0. The van der Waals surface area contributed by atoms with E-state index in [4.69, 9.17) is 0 Å². The summed E-state index contributed by atoms with van der Waals surface area (Å²) in [6, 6.07) is 10.6. The van der Waals surface area contributed by atoms with E-state index in [-0.39, 0.29) is 0 Å². The van der Waals surface area contributed by atoms with E-state index in [0.717, 1.165) is 0 Å². The largest absolute Gasteiger partial charge is 0.303 e. The SMILES string of the molecule is C(/c1ccccc1)=c1/c2c3c(c4c5c2n45)n13. The maximum atomic E-state index is 2.39. The van der Waals surface area contributed by atoms with Crippen LogP contribution in [0.2, 0.25) is 0 Å². The number of benzene rings is 2. The summed E-state index contributed by atoms with van der Waals surface area (Å²) >= 11 is 0. The first-order valence-electron chi connectivity index (χ1n) is 5.58. The Bertz CT molecular complexity index is 1030. The van der Waals surface area contributed by atoms with Crippen LogP contribution in [-0.4, -0.2) is 8.80 Å². The van der Waals surface area contributed by atoms with Gasteiger partial charge in [0.15, 0.2) is 0 Å². The van der Waals surface area contributed by atoms with E-state index >= 15 is 0 Å². The molecule has 0 radical (unpaired) electrons. The maximum absolute atomic E-state index is 2.39. The fourth-order valence-corrected chi connectivity index (χ4v) is 3.06. The number of nitrogens with zero attached hydrogens (tertiary/aromatic N) is 2.